The maximum atomic E-state index is 12.6. The zero-order valence-electron chi connectivity index (χ0n) is 34.0. The van der Waals surface area contributed by atoms with Crippen LogP contribution in [0.2, 0.25) is 0 Å². The molecule has 0 saturated heterocycles. The molecule has 0 spiro atoms. The first-order chi connectivity index (χ1) is 25.8. The molecule has 2 atom stereocenters. The summed E-state index contributed by atoms with van der Waals surface area (Å²) in [6, 6.07) is 0. The van der Waals surface area contributed by atoms with Crippen molar-refractivity contribution >= 4 is 19.8 Å². The molecular weight excluding hydrogens is 689 g/mol. The number of allylic oxidation sites excluding steroid dienone is 6. The third kappa shape index (κ3) is 39.7. The molecule has 0 radical (unpaired) electrons. The van der Waals surface area contributed by atoms with E-state index in [1.54, 1.807) is 0 Å². The van der Waals surface area contributed by atoms with Crippen LogP contribution in [0.4, 0.5) is 0 Å². The first-order valence-corrected chi connectivity index (χ1v) is 23.0. The molecule has 0 heterocycles. The van der Waals surface area contributed by atoms with Gasteiger partial charge in [-0.25, -0.2) is 4.57 Å². The average Bonchev–Trinajstić information content (AvgIpc) is 3.14. The van der Waals surface area contributed by atoms with Crippen molar-refractivity contribution in [2.75, 3.05) is 26.4 Å². The van der Waals surface area contributed by atoms with Gasteiger partial charge in [0, 0.05) is 19.4 Å². The molecule has 0 aromatic rings. The highest BCUT2D eigenvalue weighted by Gasteiger charge is 2.26. The molecule has 0 bridgehead atoms. The number of esters is 2. The van der Waals surface area contributed by atoms with Crippen LogP contribution >= 0.6 is 7.82 Å². The van der Waals surface area contributed by atoms with Crippen molar-refractivity contribution in [2.24, 2.45) is 5.73 Å². The number of phosphoric ester groups is 1. The van der Waals surface area contributed by atoms with Crippen molar-refractivity contribution in [2.45, 2.75) is 200 Å². The highest BCUT2D eigenvalue weighted by molar-refractivity contribution is 7.47. The monoisotopic (exact) mass is 770 g/mol. The van der Waals surface area contributed by atoms with Gasteiger partial charge in [0.15, 0.2) is 6.10 Å². The van der Waals surface area contributed by atoms with Gasteiger partial charge in [-0.3, -0.25) is 18.6 Å². The van der Waals surface area contributed by atoms with E-state index in [4.69, 9.17) is 24.3 Å². The first kappa shape index (κ1) is 51.2. The summed E-state index contributed by atoms with van der Waals surface area (Å²) in [7, 11) is -4.38. The normalized spacial score (nSPS) is 13.7. The summed E-state index contributed by atoms with van der Waals surface area (Å²) < 4.78 is 32.7. The molecule has 0 aromatic heterocycles. The van der Waals surface area contributed by atoms with E-state index in [1.165, 1.54) is 103 Å². The van der Waals surface area contributed by atoms with E-state index in [9.17, 15) is 19.0 Å². The molecule has 0 fully saturated rings. The Labute approximate surface area is 324 Å². The number of carbonyl (C=O) groups is 2. The molecule has 1 unspecified atom stereocenters. The standard InChI is InChI=1S/C43H80NO8P/c1-3-5-7-9-11-13-15-17-19-20-22-23-25-27-29-31-33-35-42(45)49-39-41(40-51-53(47,48)50-38-37-44)52-43(46)36-34-32-30-28-26-24-21-18-16-14-12-10-8-6-4-2/h11,13,17,19,22-23,41H,3-10,12,14-16,18,20-21,24-40,44H2,1-2H3,(H,47,48)/b13-11-,19-17-,23-22-/t41-/m1/s1. The molecule has 0 aliphatic heterocycles. The van der Waals surface area contributed by atoms with Crippen LogP contribution in [0.5, 0.6) is 0 Å². The lowest BCUT2D eigenvalue weighted by Crippen LogP contribution is -2.29. The minimum atomic E-state index is -4.38. The Hall–Kier alpha value is -1.77. The summed E-state index contributed by atoms with van der Waals surface area (Å²) >= 11 is 0. The molecular formula is C43H80NO8P. The Kier molecular flexibility index (Phi) is 38.6. The molecule has 3 N–H and O–H groups in total. The number of rotatable bonds is 40. The number of phosphoric acid groups is 1. The summed E-state index contributed by atoms with van der Waals surface area (Å²) in [6.45, 7) is 3.69. The minimum Gasteiger partial charge on any atom is -0.462 e. The molecule has 0 amide bonds. The van der Waals surface area contributed by atoms with Gasteiger partial charge in [0.25, 0.3) is 0 Å². The maximum absolute atomic E-state index is 12.6. The van der Waals surface area contributed by atoms with Gasteiger partial charge in [-0.15, -0.1) is 0 Å². The Balaban J connectivity index is 4.19. The van der Waals surface area contributed by atoms with Crippen molar-refractivity contribution in [1.82, 2.24) is 0 Å². The second-order valence-electron chi connectivity index (χ2n) is 14.2. The lowest BCUT2D eigenvalue weighted by Gasteiger charge is -2.19. The predicted molar refractivity (Wildman–Crippen MR) is 220 cm³/mol. The van der Waals surface area contributed by atoms with Crippen LogP contribution in [0.15, 0.2) is 36.5 Å². The quantitative estimate of drug-likeness (QED) is 0.0270. The summed E-state index contributed by atoms with van der Waals surface area (Å²) in [4.78, 5) is 34.8. The van der Waals surface area contributed by atoms with Crippen LogP contribution in [-0.4, -0.2) is 49.3 Å². The molecule has 310 valence electrons. The Morgan fingerprint density at radius 2 is 0.981 bits per heavy atom. The van der Waals surface area contributed by atoms with E-state index >= 15 is 0 Å². The molecule has 53 heavy (non-hydrogen) atoms. The number of hydrogen-bond acceptors (Lipinski definition) is 8. The van der Waals surface area contributed by atoms with Crippen LogP contribution in [0, 0.1) is 0 Å². The molecule has 10 heteroatoms. The fraction of sp³-hybridized carbons (Fsp3) is 0.814. The smallest absolute Gasteiger partial charge is 0.462 e. The van der Waals surface area contributed by atoms with Crippen LogP contribution < -0.4 is 5.73 Å². The van der Waals surface area contributed by atoms with E-state index < -0.39 is 32.5 Å². The van der Waals surface area contributed by atoms with Gasteiger partial charge in [-0.1, -0.05) is 166 Å². The Bertz CT molecular complexity index is 970. The van der Waals surface area contributed by atoms with Crippen molar-refractivity contribution in [1.29, 1.82) is 0 Å². The first-order valence-electron chi connectivity index (χ1n) is 21.5. The summed E-state index contributed by atoms with van der Waals surface area (Å²) in [5.74, 6) is -0.849. The average molecular weight is 770 g/mol. The Morgan fingerprint density at radius 1 is 0.566 bits per heavy atom. The molecule has 0 aliphatic rings. The molecule has 9 nitrogen and oxygen atoms in total. The molecule has 0 saturated carbocycles. The second-order valence-corrected chi connectivity index (χ2v) is 15.7. The summed E-state index contributed by atoms with van der Waals surface area (Å²) in [5.41, 5.74) is 5.34. The predicted octanol–water partition coefficient (Wildman–Crippen LogP) is 12.2. The molecule has 0 aliphatic carbocycles. The minimum absolute atomic E-state index is 0.0507. The highest BCUT2D eigenvalue weighted by Crippen LogP contribution is 2.43. The third-order valence-electron chi connectivity index (χ3n) is 9.03. The zero-order valence-corrected chi connectivity index (χ0v) is 34.9. The fourth-order valence-corrected chi connectivity index (χ4v) is 6.58. The lowest BCUT2D eigenvalue weighted by molar-refractivity contribution is -0.161. The van der Waals surface area contributed by atoms with Gasteiger partial charge in [-0.05, 0) is 51.4 Å². The zero-order chi connectivity index (χ0) is 38.9. The van der Waals surface area contributed by atoms with E-state index in [2.05, 4.69) is 50.3 Å². The van der Waals surface area contributed by atoms with Crippen molar-refractivity contribution in [3.8, 4) is 0 Å². The second kappa shape index (κ2) is 39.9. The number of carbonyl (C=O) groups excluding carboxylic acids is 2. The summed E-state index contributed by atoms with van der Waals surface area (Å²) in [5, 5.41) is 0. The van der Waals surface area contributed by atoms with E-state index in [-0.39, 0.29) is 32.6 Å². The molecule has 0 rings (SSSR count). The highest BCUT2D eigenvalue weighted by atomic mass is 31.2. The topological polar surface area (TPSA) is 134 Å². The van der Waals surface area contributed by atoms with Gasteiger partial charge in [0.05, 0.1) is 13.2 Å². The van der Waals surface area contributed by atoms with Gasteiger partial charge in [0.1, 0.15) is 6.61 Å². The van der Waals surface area contributed by atoms with Gasteiger partial charge in [-0.2, -0.15) is 0 Å². The van der Waals surface area contributed by atoms with Crippen LogP contribution in [0.3, 0.4) is 0 Å². The van der Waals surface area contributed by atoms with Gasteiger partial charge >= 0.3 is 19.8 Å². The van der Waals surface area contributed by atoms with Gasteiger partial charge < -0.3 is 20.1 Å². The fourth-order valence-electron chi connectivity index (χ4n) is 5.82. The summed E-state index contributed by atoms with van der Waals surface area (Å²) in [6.07, 6.45) is 43.1. The number of hydrogen-bond donors (Lipinski definition) is 2. The SMILES string of the molecule is CCCCC/C=C\C/C=C\C/C=C\CCCCCCC(=O)OC[C@H](COP(=O)(O)OCCN)OC(=O)CCCCCCCCCCCCCCCCC. The van der Waals surface area contributed by atoms with Crippen LogP contribution in [0.1, 0.15) is 194 Å². The van der Waals surface area contributed by atoms with E-state index in [0.29, 0.717) is 12.8 Å². The Morgan fingerprint density at radius 3 is 1.49 bits per heavy atom. The van der Waals surface area contributed by atoms with Crippen molar-refractivity contribution in [3.63, 3.8) is 0 Å². The number of unbranched alkanes of at least 4 members (excludes halogenated alkanes) is 21. The van der Waals surface area contributed by atoms with Crippen LogP contribution in [-0.2, 0) is 32.7 Å². The maximum Gasteiger partial charge on any atom is 0.472 e. The van der Waals surface area contributed by atoms with E-state index in [0.717, 1.165) is 51.4 Å². The van der Waals surface area contributed by atoms with Crippen molar-refractivity contribution in [3.05, 3.63) is 36.5 Å². The third-order valence-corrected chi connectivity index (χ3v) is 10.0. The number of nitrogens with two attached hydrogens (primary N) is 1. The van der Waals surface area contributed by atoms with Crippen molar-refractivity contribution < 1.29 is 37.6 Å². The van der Waals surface area contributed by atoms with Crippen LogP contribution in [0.25, 0.3) is 0 Å². The largest absolute Gasteiger partial charge is 0.472 e. The van der Waals surface area contributed by atoms with Gasteiger partial charge in [0.2, 0.25) is 0 Å². The van der Waals surface area contributed by atoms with E-state index in [1.807, 2.05) is 0 Å². The molecule has 0 aromatic carbocycles. The number of ether oxygens (including phenoxy) is 2. The lowest BCUT2D eigenvalue weighted by atomic mass is 10.0.